The molecule has 0 radical (unpaired) electrons. The first-order valence-corrected chi connectivity index (χ1v) is 11.4. The number of benzene rings is 2. The number of furan rings is 1. The number of hydrogen-bond donors (Lipinski definition) is 1. The third-order valence-electron chi connectivity index (χ3n) is 6.37. The Hall–Kier alpha value is -3.58. The number of carbonyl (C=O) groups is 1. The van der Waals surface area contributed by atoms with Gasteiger partial charge in [0.15, 0.2) is 0 Å². The number of fused-ring (bicyclic) bond motifs is 1. The molecule has 0 saturated heterocycles. The normalized spacial score (nSPS) is 13.9. The maximum absolute atomic E-state index is 13.7. The summed E-state index contributed by atoms with van der Waals surface area (Å²) in [5, 5.41) is 7.82. The van der Waals surface area contributed by atoms with Gasteiger partial charge in [0.25, 0.3) is 0 Å². The van der Waals surface area contributed by atoms with Gasteiger partial charge in [0.2, 0.25) is 5.71 Å². The molecule has 4 aromatic rings. The van der Waals surface area contributed by atoms with Gasteiger partial charge >= 0.3 is 0 Å². The Morgan fingerprint density at radius 3 is 2.26 bits per heavy atom. The number of anilines is 1. The maximum atomic E-state index is 13.7. The summed E-state index contributed by atoms with van der Waals surface area (Å²) >= 11 is 0. The number of nitrogens with zero attached hydrogens (tertiary/aromatic N) is 3. The molecule has 0 aliphatic heterocycles. The predicted octanol–water partition coefficient (Wildman–Crippen LogP) is 5.89. The molecule has 1 aliphatic carbocycles. The van der Waals surface area contributed by atoms with Crippen LogP contribution in [0.15, 0.2) is 59.3 Å². The molecule has 34 heavy (non-hydrogen) atoms. The van der Waals surface area contributed by atoms with Crippen molar-refractivity contribution in [2.45, 2.75) is 38.1 Å². The molecular formula is C27H28FN3O3. The maximum Gasteiger partial charge on any atom is 0.232 e. The Balaban J connectivity index is 0.00000133. The molecule has 2 aromatic heterocycles. The SMILES string of the molecule is CN(c1ncnc2oc(-c3ccc(C=O)cc3)c(-c3ccc(F)cc3)c12)C1CCCCC1.CO. The number of carbonyl (C=O) groups excluding carboxylic acids is 1. The number of hydrogen-bond acceptors (Lipinski definition) is 6. The van der Waals surface area contributed by atoms with E-state index in [0.717, 1.165) is 54.1 Å². The number of aromatic nitrogens is 2. The zero-order valence-electron chi connectivity index (χ0n) is 19.4. The Bertz CT molecular complexity index is 1250. The van der Waals surface area contributed by atoms with Gasteiger partial charge in [0, 0.05) is 36.9 Å². The Morgan fingerprint density at radius 1 is 0.971 bits per heavy atom. The van der Waals surface area contributed by atoms with E-state index in [-0.39, 0.29) is 5.82 Å². The Morgan fingerprint density at radius 2 is 1.62 bits per heavy atom. The quantitative estimate of drug-likeness (QED) is 0.374. The van der Waals surface area contributed by atoms with Gasteiger partial charge in [-0.05, 0) is 30.5 Å². The number of rotatable bonds is 5. The van der Waals surface area contributed by atoms with E-state index < -0.39 is 0 Å². The smallest absolute Gasteiger partial charge is 0.232 e. The molecule has 1 saturated carbocycles. The summed E-state index contributed by atoms with van der Waals surface area (Å²) in [6.07, 6.45) is 8.32. The Kier molecular flexibility index (Phi) is 7.33. The van der Waals surface area contributed by atoms with E-state index in [4.69, 9.17) is 9.52 Å². The van der Waals surface area contributed by atoms with Gasteiger partial charge in [-0.2, -0.15) is 0 Å². The fourth-order valence-electron chi connectivity index (χ4n) is 4.64. The van der Waals surface area contributed by atoms with Crippen LogP contribution in [0.1, 0.15) is 42.5 Å². The average molecular weight is 462 g/mol. The van der Waals surface area contributed by atoms with Crippen molar-refractivity contribution in [1.29, 1.82) is 0 Å². The summed E-state index contributed by atoms with van der Waals surface area (Å²) in [5.41, 5.74) is 3.56. The van der Waals surface area contributed by atoms with E-state index in [1.54, 1.807) is 24.3 Å². The van der Waals surface area contributed by atoms with Gasteiger partial charge < -0.3 is 14.4 Å². The molecule has 2 aromatic carbocycles. The molecule has 5 rings (SSSR count). The van der Waals surface area contributed by atoms with Crippen LogP contribution in [0.3, 0.4) is 0 Å². The predicted molar refractivity (Wildman–Crippen MR) is 131 cm³/mol. The first-order chi connectivity index (χ1) is 16.7. The monoisotopic (exact) mass is 461 g/mol. The lowest BCUT2D eigenvalue weighted by Crippen LogP contribution is -2.34. The lowest BCUT2D eigenvalue weighted by molar-refractivity contribution is 0.112. The van der Waals surface area contributed by atoms with Crippen molar-refractivity contribution in [2.24, 2.45) is 0 Å². The fraction of sp³-hybridized carbons (Fsp3) is 0.296. The molecule has 1 aliphatic rings. The summed E-state index contributed by atoms with van der Waals surface area (Å²) < 4.78 is 20.0. The fourth-order valence-corrected chi connectivity index (χ4v) is 4.64. The second kappa shape index (κ2) is 10.6. The second-order valence-electron chi connectivity index (χ2n) is 8.33. The van der Waals surface area contributed by atoms with E-state index in [9.17, 15) is 9.18 Å². The molecule has 0 bridgehead atoms. The first kappa shape index (κ1) is 23.6. The van der Waals surface area contributed by atoms with Crippen LogP contribution in [0.5, 0.6) is 0 Å². The molecule has 7 heteroatoms. The number of aliphatic hydroxyl groups excluding tert-OH is 1. The first-order valence-electron chi connectivity index (χ1n) is 11.4. The number of halogens is 1. The van der Waals surface area contributed by atoms with Gasteiger partial charge in [0.1, 0.15) is 30.0 Å². The zero-order chi connectivity index (χ0) is 24.1. The third kappa shape index (κ3) is 4.56. The summed E-state index contributed by atoms with van der Waals surface area (Å²) in [5.74, 6) is 1.15. The molecule has 0 amide bonds. The largest absolute Gasteiger partial charge is 0.437 e. The number of aldehydes is 1. The van der Waals surface area contributed by atoms with Crippen molar-refractivity contribution in [3.63, 3.8) is 0 Å². The van der Waals surface area contributed by atoms with Crippen molar-refractivity contribution in [2.75, 3.05) is 19.1 Å². The van der Waals surface area contributed by atoms with Crippen LogP contribution in [0.2, 0.25) is 0 Å². The van der Waals surface area contributed by atoms with Crippen LogP contribution in [-0.4, -0.2) is 41.6 Å². The van der Waals surface area contributed by atoms with E-state index in [1.165, 1.54) is 37.7 Å². The molecule has 1 fully saturated rings. The van der Waals surface area contributed by atoms with Gasteiger partial charge in [-0.25, -0.2) is 14.4 Å². The molecule has 2 heterocycles. The lowest BCUT2D eigenvalue weighted by atomic mass is 9.94. The average Bonchev–Trinajstić information content (AvgIpc) is 3.30. The van der Waals surface area contributed by atoms with Crippen LogP contribution < -0.4 is 4.90 Å². The minimum Gasteiger partial charge on any atom is -0.437 e. The van der Waals surface area contributed by atoms with Gasteiger partial charge in [0.05, 0.1) is 5.39 Å². The summed E-state index contributed by atoms with van der Waals surface area (Å²) in [6.45, 7) is 0. The van der Waals surface area contributed by atoms with E-state index >= 15 is 0 Å². The van der Waals surface area contributed by atoms with Crippen molar-refractivity contribution in [3.05, 3.63) is 66.2 Å². The molecular weight excluding hydrogens is 433 g/mol. The standard InChI is InChI=1S/C26H24FN3O2.CH4O/c1-30(21-5-3-2-4-6-21)25-23-22(18-11-13-20(27)14-12-18)24(32-26(23)29-16-28-25)19-9-7-17(15-31)8-10-19;1-2/h7-16,21H,2-6H2,1H3;2H,1H3. The van der Waals surface area contributed by atoms with E-state index in [2.05, 4.69) is 21.9 Å². The van der Waals surface area contributed by atoms with Crippen molar-refractivity contribution >= 4 is 23.2 Å². The Labute approximate surface area is 198 Å². The number of aliphatic hydroxyl groups is 1. The van der Waals surface area contributed by atoms with Crippen LogP contribution in [0, 0.1) is 5.82 Å². The minimum absolute atomic E-state index is 0.297. The van der Waals surface area contributed by atoms with E-state index in [1.807, 2.05) is 12.1 Å². The second-order valence-corrected chi connectivity index (χ2v) is 8.33. The lowest BCUT2D eigenvalue weighted by Gasteiger charge is -2.32. The van der Waals surface area contributed by atoms with Crippen molar-refractivity contribution in [1.82, 2.24) is 9.97 Å². The third-order valence-corrected chi connectivity index (χ3v) is 6.37. The summed E-state index contributed by atoms with van der Waals surface area (Å²) in [7, 11) is 3.08. The highest BCUT2D eigenvalue weighted by molar-refractivity contribution is 6.06. The molecule has 0 unspecified atom stereocenters. The molecule has 6 nitrogen and oxygen atoms in total. The zero-order valence-corrected chi connectivity index (χ0v) is 19.4. The van der Waals surface area contributed by atoms with Gasteiger partial charge in [-0.15, -0.1) is 0 Å². The highest BCUT2D eigenvalue weighted by atomic mass is 19.1. The van der Waals surface area contributed by atoms with Crippen LogP contribution in [0.4, 0.5) is 10.2 Å². The molecule has 0 atom stereocenters. The minimum atomic E-state index is -0.297. The highest BCUT2D eigenvalue weighted by Crippen LogP contribution is 2.44. The van der Waals surface area contributed by atoms with Crippen molar-refractivity contribution < 1.29 is 18.7 Å². The molecule has 1 N–H and O–H groups in total. The molecule has 176 valence electrons. The van der Waals surface area contributed by atoms with Gasteiger partial charge in [-0.1, -0.05) is 55.7 Å². The van der Waals surface area contributed by atoms with E-state index in [0.29, 0.717) is 23.1 Å². The molecule has 0 spiro atoms. The topological polar surface area (TPSA) is 79.5 Å². The highest BCUT2D eigenvalue weighted by Gasteiger charge is 2.27. The summed E-state index contributed by atoms with van der Waals surface area (Å²) in [4.78, 5) is 22.4. The van der Waals surface area contributed by atoms with Crippen LogP contribution in [0.25, 0.3) is 33.6 Å². The summed E-state index contributed by atoms with van der Waals surface area (Å²) in [6, 6.07) is 14.0. The van der Waals surface area contributed by atoms with Crippen molar-refractivity contribution in [3.8, 4) is 22.5 Å². The van der Waals surface area contributed by atoms with Gasteiger partial charge in [-0.3, -0.25) is 4.79 Å². The van der Waals surface area contributed by atoms with Crippen LogP contribution in [-0.2, 0) is 0 Å². The van der Waals surface area contributed by atoms with Crippen LogP contribution >= 0.6 is 0 Å².